The molecule has 9 heteroatoms. The molecule has 2 fully saturated rings. The van der Waals surface area contributed by atoms with Crippen LogP contribution in [0.2, 0.25) is 0 Å². The third kappa shape index (κ3) is 4.79. The lowest BCUT2D eigenvalue weighted by Crippen LogP contribution is -2.58. The molecule has 0 unspecified atom stereocenters. The Morgan fingerprint density at radius 1 is 0.968 bits per heavy atom. The van der Waals surface area contributed by atoms with Crippen molar-refractivity contribution in [1.29, 1.82) is 0 Å². The minimum absolute atomic E-state index is 0.200. The lowest BCUT2D eigenvalue weighted by atomic mass is 10.1. The first kappa shape index (κ1) is 21.5. The highest BCUT2D eigenvalue weighted by atomic mass is 16.5. The van der Waals surface area contributed by atoms with Crippen LogP contribution in [0.4, 0.5) is 0 Å². The number of aromatic hydroxyl groups is 1. The van der Waals surface area contributed by atoms with E-state index in [1.807, 2.05) is 18.2 Å². The van der Waals surface area contributed by atoms with Crippen molar-refractivity contribution < 1.29 is 19.4 Å². The summed E-state index contributed by atoms with van der Waals surface area (Å²) in [6.45, 7) is 6.68. The van der Waals surface area contributed by atoms with Crippen molar-refractivity contribution >= 4 is 22.7 Å². The number of phenols is 1. The molecule has 0 radical (unpaired) electrons. The predicted molar refractivity (Wildman–Crippen MR) is 115 cm³/mol. The molecular weight excluding hydrogens is 398 g/mol. The predicted octanol–water partition coefficient (Wildman–Crippen LogP) is 0.333. The number of fused-ring (bicyclic) bond motifs is 1. The molecule has 2 aromatic rings. The van der Waals surface area contributed by atoms with Crippen molar-refractivity contribution in [1.82, 2.24) is 24.6 Å². The van der Waals surface area contributed by atoms with E-state index in [0.29, 0.717) is 38.4 Å². The highest BCUT2D eigenvalue weighted by Gasteiger charge is 2.33. The Hall–Kier alpha value is -2.75. The van der Waals surface area contributed by atoms with Gasteiger partial charge in [0.1, 0.15) is 11.3 Å². The number of methoxy groups -OCH3 is 1. The van der Waals surface area contributed by atoms with Gasteiger partial charge < -0.3 is 19.6 Å². The van der Waals surface area contributed by atoms with Gasteiger partial charge in [0.15, 0.2) is 0 Å². The number of amides is 2. The van der Waals surface area contributed by atoms with E-state index in [1.54, 1.807) is 29.2 Å². The summed E-state index contributed by atoms with van der Waals surface area (Å²) in [6.07, 6.45) is 1.69. The van der Waals surface area contributed by atoms with Crippen molar-refractivity contribution in [3.63, 3.8) is 0 Å². The fraction of sp³-hybridized carbons (Fsp3) is 0.500. The Balaban J connectivity index is 1.29. The van der Waals surface area contributed by atoms with Gasteiger partial charge in [-0.15, -0.1) is 0 Å². The fourth-order valence-electron chi connectivity index (χ4n) is 4.19. The maximum atomic E-state index is 12.5. The fourth-order valence-corrected chi connectivity index (χ4v) is 4.19. The molecule has 1 aromatic carbocycles. The van der Waals surface area contributed by atoms with Gasteiger partial charge in [0, 0.05) is 71.1 Å². The molecule has 0 spiro atoms. The summed E-state index contributed by atoms with van der Waals surface area (Å²) < 4.78 is 5.01. The molecule has 0 aliphatic carbocycles. The Morgan fingerprint density at radius 3 is 2.45 bits per heavy atom. The molecule has 166 valence electrons. The van der Waals surface area contributed by atoms with Gasteiger partial charge in [-0.05, 0) is 17.7 Å². The van der Waals surface area contributed by atoms with Gasteiger partial charge in [0.2, 0.25) is 0 Å². The molecule has 4 rings (SSSR count). The summed E-state index contributed by atoms with van der Waals surface area (Å²) in [7, 11) is 1.59. The Kier molecular flexibility index (Phi) is 6.64. The molecule has 1 aromatic heterocycles. The second kappa shape index (κ2) is 9.59. The van der Waals surface area contributed by atoms with Crippen LogP contribution in [0.5, 0.6) is 5.75 Å². The number of piperazine rings is 2. The average Bonchev–Trinajstić information content (AvgIpc) is 2.80. The summed E-state index contributed by atoms with van der Waals surface area (Å²) in [6, 6.07) is 7.54. The lowest BCUT2D eigenvalue weighted by molar-refractivity contribution is -0.158. The van der Waals surface area contributed by atoms with Crippen LogP contribution in [0.15, 0.2) is 30.5 Å². The van der Waals surface area contributed by atoms with E-state index in [-0.39, 0.29) is 5.75 Å². The van der Waals surface area contributed by atoms with Gasteiger partial charge in [-0.25, -0.2) is 0 Å². The second-order valence-electron chi connectivity index (χ2n) is 8.03. The van der Waals surface area contributed by atoms with Gasteiger partial charge in [0.25, 0.3) is 0 Å². The highest BCUT2D eigenvalue weighted by molar-refractivity contribution is 6.35. The average molecular weight is 428 g/mol. The van der Waals surface area contributed by atoms with Crippen LogP contribution in [0.25, 0.3) is 10.9 Å². The molecule has 3 heterocycles. The summed E-state index contributed by atoms with van der Waals surface area (Å²) in [4.78, 5) is 36.9. The molecule has 2 aliphatic rings. The van der Waals surface area contributed by atoms with E-state index in [1.165, 1.54) is 0 Å². The van der Waals surface area contributed by atoms with Crippen LogP contribution in [0.1, 0.15) is 5.56 Å². The molecule has 2 aliphatic heterocycles. The number of benzene rings is 1. The molecule has 2 amide bonds. The summed E-state index contributed by atoms with van der Waals surface area (Å²) in [5.74, 6) is -0.659. The van der Waals surface area contributed by atoms with Gasteiger partial charge in [0.05, 0.1) is 13.3 Å². The molecule has 0 bridgehead atoms. The molecule has 31 heavy (non-hydrogen) atoms. The van der Waals surface area contributed by atoms with Crippen LogP contribution < -0.4 is 0 Å². The Bertz CT molecular complexity index is 945. The molecule has 9 nitrogen and oxygen atoms in total. The number of ether oxygens (including phenoxy) is 1. The van der Waals surface area contributed by atoms with E-state index < -0.39 is 11.8 Å². The molecule has 0 saturated carbocycles. The van der Waals surface area contributed by atoms with Crippen LogP contribution in [-0.4, -0.2) is 108 Å². The number of hydrogen-bond donors (Lipinski definition) is 1. The van der Waals surface area contributed by atoms with Crippen LogP contribution >= 0.6 is 0 Å². The number of phenolic OH excluding ortho intramolecular Hbond substituents is 1. The van der Waals surface area contributed by atoms with E-state index in [4.69, 9.17) is 4.74 Å². The number of hydrogen-bond acceptors (Lipinski definition) is 7. The minimum Gasteiger partial charge on any atom is -0.506 e. The number of carbonyl (C=O) groups is 2. The first-order valence-electron chi connectivity index (χ1n) is 10.6. The van der Waals surface area contributed by atoms with Gasteiger partial charge in [-0.3, -0.25) is 24.4 Å². The summed E-state index contributed by atoms with van der Waals surface area (Å²) in [5.41, 5.74) is 1.77. The third-order valence-corrected chi connectivity index (χ3v) is 6.03. The topological polar surface area (TPSA) is 89.4 Å². The first-order chi connectivity index (χ1) is 15.1. The van der Waals surface area contributed by atoms with Crippen molar-refractivity contribution in [3.8, 4) is 5.75 Å². The highest BCUT2D eigenvalue weighted by Crippen LogP contribution is 2.26. The number of rotatable bonds is 7. The van der Waals surface area contributed by atoms with Crippen molar-refractivity contribution in [2.45, 2.75) is 6.54 Å². The van der Waals surface area contributed by atoms with Crippen molar-refractivity contribution in [2.75, 3.05) is 66.2 Å². The zero-order valence-corrected chi connectivity index (χ0v) is 17.9. The molecule has 0 atom stereocenters. The number of nitrogens with zero attached hydrogens (tertiary/aromatic N) is 5. The normalized spacial score (nSPS) is 18.9. The first-order valence-corrected chi connectivity index (χ1v) is 10.6. The van der Waals surface area contributed by atoms with Crippen molar-refractivity contribution in [2.24, 2.45) is 0 Å². The van der Waals surface area contributed by atoms with Gasteiger partial charge in [-0.2, -0.15) is 0 Å². The third-order valence-electron chi connectivity index (χ3n) is 6.03. The van der Waals surface area contributed by atoms with Crippen LogP contribution in [0.3, 0.4) is 0 Å². The Morgan fingerprint density at radius 2 is 1.68 bits per heavy atom. The van der Waals surface area contributed by atoms with E-state index in [0.717, 1.165) is 43.7 Å². The minimum atomic E-state index is -0.435. The maximum Gasteiger partial charge on any atom is 0.313 e. The van der Waals surface area contributed by atoms with E-state index in [9.17, 15) is 14.7 Å². The molecular formula is C22H29N5O4. The summed E-state index contributed by atoms with van der Waals surface area (Å²) >= 11 is 0. The zero-order valence-electron chi connectivity index (χ0n) is 17.9. The molecule has 2 saturated heterocycles. The van der Waals surface area contributed by atoms with Crippen molar-refractivity contribution in [3.05, 3.63) is 36.0 Å². The lowest BCUT2D eigenvalue weighted by Gasteiger charge is -2.40. The number of pyridine rings is 1. The largest absolute Gasteiger partial charge is 0.506 e. The molecule has 1 N–H and O–H groups in total. The Labute approximate surface area is 181 Å². The smallest absolute Gasteiger partial charge is 0.313 e. The van der Waals surface area contributed by atoms with Gasteiger partial charge in [-0.1, -0.05) is 12.1 Å². The standard InChI is InChI=1S/C22H29N5O4/c1-31-14-13-26-11-12-27(22(30)21(26)29)16-25-9-7-24(8-10-25)15-17-4-5-19(28)20-18(17)3-2-6-23-20/h2-6,28H,7-16H2,1H3. The van der Waals surface area contributed by atoms with Crippen LogP contribution in [0, 0.1) is 0 Å². The second-order valence-corrected chi connectivity index (χ2v) is 8.03. The SMILES string of the molecule is COCCN1CCN(CN2CCN(Cc3ccc(O)c4ncccc34)CC2)C(=O)C1=O. The van der Waals surface area contributed by atoms with E-state index in [2.05, 4.69) is 14.8 Å². The van der Waals surface area contributed by atoms with E-state index >= 15 is 0 Å². The zero-order chi connectivity index (χ0) is 21.8. The monoisotopic (exact) mass is 427 g/mol. The number of aromatic nitrogens is 1. The maximum absolute atomic E-state index is 12.5. The van der Waals surface area contributed by atoms with Gasteiger partial charge >= 0.3 is 11.8 Å². The summed E-state index contributed by atoms with van der Waals surface area (Å²) in [5, 5.41) is 11.0. The van der Waals surface area contributed by atoms with Crippen LogP contribution in [-0.2, 0) is 20.9 Å². The quantitative estimate of drug-likeness (QED) is 0.637. The number of carbonyl (C=O) groups excluding carboxylic acids is 2.